The van der Waals surface area contributed by atoms with Crippen LogP contribution < -0.4 is 5.73 Å². The number of hydrogen-bond donors (Lipinski definition) is 2. The standard InChI is InChI=1S/C6H3Cl2IN2O2/c7-4-1(6(12)13)3(10)2(9)5(8)11-4/h(H2,10,11)(H,12,13). The van der Waals surface area contributed by atoms with Crippen LogP contribution in [0.2, 0.25) is 10.3 Å². The molecule has 0 aliphatic carbocycles. The van der Waals surface area contributed by atoms with Gasteiger partial charge in [0.15, 0.2) is 0 Å². The van der Waals surface area contributed by atoms with Crippen molar-refractivity contribution < 1.29 is 9.90 Å². The minimum atomic E-state index is -1.22. The molecule has 7 heteroatoms. The van der Waals surface area contributed by atoms with Crippen LogP contribution in [-0.2, 0) is 0 Å². The number of aromatic carboxylic acids is 1. The van der Waals surface area contributed by atoms with E-state index in [0.29, 0.717) is 3.57 Å². The number of halogens is 3. The topological polar surface area (TPSA) is 76.2 Å². The monoisotopic (exact) mass is 332 g/mol. The first-order chi connectivity index (χ1) is 5.95. The number of carboxylic acids is 1. The molecule has 1 aromatic rings. The van der Waals surface area contributed by atoms with Crippen molar-refractivity contribution >= 4 is 57.4 Å². The molecule has 0 saturated heterocycles. The van der Waals surface area contributed by atoms with Crippen LogP contribution in [0.1, 0.15) is 10.4 Å². The van der Waals surface area contributed by atoms with Crippen LogP contribution in [0.3, 0.4) is 0 Å². The SMILES string of the molecule is Nc1c(I)c(Cl)nc(Cl)c1C(=O)O. The third-order valence-electron chi connectivity index (χ3n) is 1.30. The van der Waals surface area contributed by atoms with Crippen LogP contribution in [0.15, 0.2) is 0 Å². The smallest absolute Gasteiger partial charge is 0.341 e. The lowest BCUT2D eigenvalue weighted by Gasteiger charge is -2.05. The summed E-state index contributed by atoms with van der Waals surface area (Å²) in [6, 6.07) is 0. The van der Waals surface area contributed by atoms with Crippen LogP contribution >= 0.6 is 45.8 Å². The molecule has 0 fully saturated rings. The van der Waals surface area contributed by atoms with Crippen LogP contribution in [0.25, 0.3) is 0 Å². The Bertz CT molecular complexity index is 383. The van der Waals surface area contributed by atoms with Gasteiger partial charge in [0.1, 0.15) is 15.9 Å². The van der Waals surface area contributed by atoms with Gasteiger partial charge in [-0.15, -0.1) is 0 Å². The van der Waals surface area contributed by atoms with Gasteiger partial charge in [0.05, 0.1) is 9.26 Å². The molecule has 0 aromatic carbocycles. The third-order valence-corrected chi connectivity index (χ3v) is 3.26. The zero-order valence-corrected chi connectivity index (χ0v) is 9.68. The fourth-order valence-corrected chi connectivity index (χ4v) is 1.61. The fraction of sp³-hybridized carbons (Fsp3) is 0. The number of hydrogen-bond acceptors (Lipinski definition) is 3. The number of nitrogen functional groups attached to an aromatic ring is 1. The molecule has 0 spiro atoms. The number of pyridine rings is 1. The molecule has 13 heavy (non-hydrogen) atoms. The Morgan fingerprint density at radius 1 is 1.46 bits per heavy atom. The number of nitrogens with two attached hydrogens (primary N) is 1. The molecule has 0 aliphatic heterocycles. The summed E-state index contributed by atoms with van der Waals surface area (Å²) in [5.41, 5.74) is 5.32. The lowest BCUT2D eigenvalue weighted by atomic mass is 10.2. The van der Waals surface area contributed by atoms with Gasteiger partial charge in [0.2, 0.25) is 0 Å². The van der Waals surface area contributed by atoms with E-state index in [1.54, 1.807) is 22.6 Å². The third kappa shape index (κ3) is 1.97. The van der Waals surface area contributed by atoms with Gasteiger partial charge in [-0.05, 0) is 22.6 Å². The second-order valence-electron chi connectivity index (χ2n) is 2.10. The molecule has 0 amide bonds. The van der Waals surface area contributed by atoms with Crippen molar-refractivity contribution in [3.8, 4) is 0 Å². The molecule has 0 bridgehead atoms. The molecule has 0 saturated carbocycles. The predicted octanol–water partition coefficient (Wildman–Crippen LogP) is 2.27. The first kappa shape index (κ1) is 10.8. The maximum Gasteiger partial charge on any atom is 0.341 e. The minimum absolute atomic E-state index is 0.0399. The number of carbonyl (C=O) groups is 1. The van der Waals surface area contributed by atoms with Crippen molar-refractivity contribution in [2.45, 2.75) is 0 Å². The number of carboxylic acid groups (broad SMARTS) is 1. The minimum Gasteiger partial charge on any atom is -0.478 e. The molecular weight excluding hydrogens is 330 g/mol. The largest absolute Gasteiger partial charge is 0.478 e. The predicted molar refractivity (Wildman–Crippen MR) is 58.3 cm³/mol. The molecule has 4 nitrogen and oxygen atoms in total. The summed E-state index contributed by atoms with van der Waals surface area (Å²) in [6.45, 7) is 0. The Balaban J connectivity index is 3.53. The van der Waals surface area contributed by atoms with Crippen molar-refractivity contribution in [3.05, 3.63) is 19.4 Å². The van der Waals surface area contributed by atoms with Gasteiger partial charge in [-0.2, -0.15) is 0 Å². The van der Waals surface area contributed by atoms with Crippen LogP contribution in [0.5, 0.6) is 0 Å². The van der Waals surface area contributed by atoms with E-state index in [9.17, 15) is 4.79 Å². The summed E-state index contributed by atoms with van der Waals surface area (Å²) in [6.07, 6.45) is 0. The maximum absolute atomic E-state index is 10.7. The average Bonchev–Trinajstić information content (AvgIpc) is 1.99. The van der Waals surface area contributed by atoms with Gasteiger partial charge in [-0.1, -0.05) is 23.2 Å². The maximum atomic E-state index is 10.7. The van der Waals surface area contributed by atoms with Crippen molar-refractivity contribution in [2.75, 3.05) is 5.73 Å². The lowest BCUT2D eigenvalue weighted by Crippen LogP contribution is -2.07. The summed E-state index contributed by atoms with van der Waals surface area (Å²) in [4.78, 5) is 14.3. The van der Waals surface area contributed by atoms with Gasteiger partial charge >= 0.3 is 5.97 Å². The molecule has 1 aromatic heterocycles. The number of anilines is 1. The molecular formula is C6H3Cl2IN2O2. The highest BCUT2D eigenvalue weighted by Crippen LogP contribution is 2.30. The molecule has 0 atom stereocenters. The number of nitrogens with zero attached hydrogens (tertiary/aromatic N) is 1. The van der Waals surface area contributed by atoms with Gasteiger partial charge < -0.3 is 10.8 Å². The molecule has 0 unspecified atom stereocenters. The van der Waals surface area contributed by atoms with Crippen molar-refractivity contribution in [2.24, 2.45) is 0 Å². The Morgan fingerprint density at radius 3 is 2.46 bits per heavy atom. The first-order valence-electron chi connectivity index (χ1n) is 2.98. The van der Waals surface area contributed by atoms with Gasteiger partial charge in [0.25, 0.3) is 0 Å². The zero-order chi connectivity index (χ0) is 10.2. The van der Waals surface area contributed by atoms with E-state index in [1.807, 2.05) is 0 Å². The highest BCUT2D eigenvalue weighted by molar-refractivity contribution is 14.1. The second-order valence-corrected chi connectivity index (χ2v) is 3.90. The van der Waals surface area contributed by atoms with Crippen LogP contribution in [-0.4, -0.2) is 16.1 Å². The van der Waals surface area contributed by atoms with Gasteiger partial charge in [-0.3, -0.25) is 0 Å². The van der Waals surface area contributed by atoms with E-state index in [1.165, 1.54) is 0 Å². The highest BCUT2D eigenvalue weighted by Gasteiger charge is 2.19. The Kier molecular flexibility index (Phi) is 3.20. The Morgan fingerprint density at radius 2 is 2.00 bits per heavy atom. The number of rotatable bonds is 1. The second kappa shape index (κ2) is 3.85. The summed E-state index contributed by atoms with van der Waals surface area (Å²) in [5.74, 6) is -1.22. The van der Waals surface area contributed by atoms with Gasteiger partial charge in [-0.25, -0.2) is 9.78 Å². The highest BCUT2D eigenvalue weighted by atomic mass is 127. The van der Waals surface area contributed by atoms with Crippen molar-refractivity contribution in [3.63, 3.8) is 0 Å². The Hall–Kier alpha value is -0.270. The fourth-order valence-electron chi connectivity index (χ4n) is 0.727. The Labute approximate surface area is 97.2 Å². The summed E-state index contributed by atoms with van der Waals surface area (Å²) >= 11 is 13.0. The van der Waals surface area contributed by atoms with E-state index in [4.69, 9.17) is 34.0 Å². The molecule has 0 radical (unpaired) electrons. The van der Waals surface area contributed by atoms with E-state index >= 15 is 0 Å². The zero-order valence-electron chi connectivity index (χ0n) is 6.01. The molecule has 1 rings (SSSR count). The van der Waals surface area contributed by atoms with Crippen LogP contribution in [0.4, 0.5) is 5.69 Å². The van der Waals surface area contributed by atoms with Crippen LogP contribution in [0, 0.1) is 3.57 Å². The van der Waals surface area contributed by atoms with E-state index < -0.39 is 5.97 Å². The van der Waals surface area contributed by atoms with E-state index in [2.05, 4.69) is 4.98 Å². The van der Waals surface area contributed by atoms with Crippen molar-refractivity contribution in [1.82, 2.24) is 4.98 Å². The normalized spacial score (nSPS) is 10.1. The van der Waals surface area contributed by atoms with E-state index in [-0.39, 0.29) is 21.6 Å². The average molecular weight is 333 g/mol. The molecule has 1 heterocycles. The van der Waals surface area contributed by atoms with E-state index in [0.717, 1.165) is 0 Å². The van der Waals surface area contributed by atoms with Gasteiger partial charge in [0, 0.05) is 0 Å². The molecule has 3 N–H and O–H groups in total. The summed E-state index contributed by atoms with van der Waals surface area (Å²) in [5, 5.41) is 8.62. The first-order valence-corrected chi connectivity index (χ1v) is 4.82. The lowest BCUT2D eigenvalue weighted by molar-refractivity contribution is 0.0698. The molecule has 0 aliphatic rings. The quantitative estimate of drug-likeness (QED) is 0.611. The summed E-state index contributed by atoms with van der Waals surface area (Å²) < 4.78 is 0.390. The number of aromatic nitrogens is 1. The summed E-state index contributed by atoms with van der Waals surface area (Å²) in [7, 11) is 0. The molecule has 70 valence electrons. The van der Waals surface area contributed by atoms with Crippen molar-refractivity contribution in [1.29, 1.82) is 0 Å².